The van der Waals surface area contributed by atoms with E-state index in [4.69, 9.17) is 4.74 Å². The average molecular weight is 390 g/mol. The highest BCUT2D eigenvalue weighted by Crippen LogP contribution is 2.15. The molecule has 0 unspecified atom stereocenters. The third-order valence-corrected chi connectivity index (χ3v) is 4.64. The normalized spacial score (nSPS) is 13.4. The first-order chi connectivity index (χ1) is 14.1. The van der Waals surface area contributed by atoms with Gasteiger partial charge in [0.05, 0.1) is 29.8 Å². The predicted octanol–water partition coefficient (Wildman–Crippen LogP) is 1.65. The Morgan fingerprint density at radius 2 is 1.76 bits per heavy atom. The third-order valence-electron chi connectivity index (χ3n) is 4.64. The number of aromatic amines is 1. The summed E-state index contributed by atoms with van der Waals surface area (Å²) in [5.41, 5.74) is 1.86. The molecule has 3 aromatic rings. The van der Waals surface area contributed by atoms with Gasteiger partial charge >= 0.3 is 5.97 Å². The van der Waals surface area contributed by atoms with E-state index < -0.39 is 12.6 Å². The summed E-state index contributed by atoms with van der Waals surface area (Å²) < 4.78 is 5.11. The summed E-state index contributed by atoms with van der Waals surface area (Å²) in [7, 11) is 0. The van der Waals surface area contributed by atoms with Gasteiger partial charge in [-0.2, -0.15) is 10.2 Å². The van der Waals surface area contributed by atoms with Crippen molar-refractivity contribution < 1.29 is 14.3 Å². The quantitative estimate of drug-likeness (QED) is 0.667. The molecule has 1 aliphatic rings. The van der Waals surface area contributed by atoms with Crippen LogP contribution in [0.5, 0.6) is 0 Å². The van der Waals surface area contributed by atoms with E-state index in [0.29, 0.717) is 29.4 Å². The van der Waals surface area contributed by atoms with Crippen molar-refractivity contribution in [3.63, 3.8) is 0 Å². The van der Waals surface area contributed by atoms with E-state index in [2.05, 4.69) is 15.3 Å². The summed E-state index contributed by atoms with van der Waals surface area (Å²) in [6.07, 6.45) is 0.500. The first-order valence-electron chi connectivity index (χ1n) is 9.17. The second kappa shape index (κ2) is 8.05. The van der Waals surface area contributed by atoms with Gasteiger partial charge in [-0.15, -0.1) is 0 Å². The minimum absolute atomic E-state index is 0.150. The molecule has 1 amide bonds. The van der Waals surface area contributed by atoms with Crippen molar-refractivity contribution in [3.05, 3.63) is 76.2 Å². The maximum atomic E-state index is 12.3. The molecule has 8 nitrogen and oxygen atoms in total. The highest BCUT2D eigenvalue weighted by Gasteiger charge is 2.22. The summed E-state index contributed by atoms with van der Waals surface area (Å²) in [5, 5.41) is 13.0. The van der Waals surface area contributed by atoms with Gasteiger partial charge in [0, 0.05) is 11.8 Å². The maximum absolute atomic E-state index is 12.3. The summed E-state index contributed by atoms with van der Waals surface area (Å²) in [6, 6.07) is 16.5. The Hall–Kier alpha value is -3.81. The van der Waals surface area contributed by atoms with Crippen LogP contribution in [0.4, 0.5) is 0 Å². The van der Waals surface area contributed by atoms with Crippen LogP contribution in [0.1, 0.15) is 17.7 Å². The first kappa shape index (κ1) is 18.5. The minimum Gasteiger partial charge on any atom is -0.455 e. The molecule has 0 bridgehead atoms. The van der Waals surface area contributed by atoms with Gasteiger partial charge in [-0.25, -0.2) is 10.1 Å². The Morgan fingerprint density at radius 1 is 1.03 bits per heavy atom. The highest BCUT2D eigenvalue weighted by molar-refractivity contribution is 6.02. The second-order valence-electron chi connectivity index (χ2n) is 6.56. The number of H-pyrrole nitrogens is 1. The zero-order valence-corrected chi connectivity index (χ0v) is 15.5. The summed E-state index contributed by atoms with van der Waals surface area (Å²) >= 11 is 0. The molecule has 0 atom stereocenters. The van der Waals surface area contributed by atoms with E-state index in [-0.39, 0.29) is 17.9 Å². The number of aromatic nitrogens is 2. The van der Waals surface area contributed by atoms with Gasteiger partial charge in [0.2, 0.25) is 0 Å². The molecule has 2 heterocycles. The molecule has 0 aliphatic carbocycles. The number of ether oxygens (including phenoxy) is 1. The number of hydrazone groups is 1. The molecule has 1 aliphatic heterocycles. The molecule has 0 saturated heterocycles. The molecule has 0 spiro atoms. The van der Waals surface area contributed by atoms with Gasteiger partial charge in [-0.3, -0.25) is 14.4 Å². The summed E-state index contributed by atoms with van der Waals surface area (Å²) in [5.74, 6) is -0.988. The maximum Gasteiger partial charge on any atom is 0.312 e. The van der Waals surface area contributed by atoms with Crippen molar-refractivity contribution in [1.82, 2.24) is 15.2 Å². The molecule has 29 heavy (non-hydrogen) atoms. The molecular formula is C21H18N4O4. The fraction of sp³-hybridized carbons (Fsp3) is 0.190. The lowest BCUT2D eigenvalue weighted by Gasteiger charge is -2.11. The van der Waals surface area contributed by atoms with E-state index in [1.165, 1.54) is 5.01 Å². The van der Waals surface area contributed by atoms with Crippen LogP contribution in [0, 0.1) is 0 Å². The Labute approximate surface area is 165 Å². The summed E-state index contributed by atoms with van der Waals surface area (Å²) in [6.45, 7) is 0.0540. The Balaban J connectivity index is 1.37. The van der Waals surface area contributed by atoms with E-state index in [9.17, 15) is 14.4 Å². The topological polar surface area (TPSA) is 105 Å². The van der Waals surface area contributed by atoms with Crippen molar-refractivity contribution in [1.29, 1.82) is 0 Å². The van der Waals surface area contributed by atoms with Gasteiger partial charge in [-0.05, 0) is 11.6 Å². The zero-order valence-electron chi connectivity index (χ0n) is 15.5. The first-order valence-corrected chi connectivity index (χ1v) is 9.17. The van der Waals surface area contributed by atoms with E-state index >= 15 is 0 Å². The number of rotatable bonds is 5. The molecule has 146 valence electrons. The number of hydrogen-bond acceptors (Lipinski definition) is 6. The number of carbonyl (C=O) groups excluding carboxylic acids is 2. The molecule has 0 saturated carbocycles. The van der Waals surface area contributed by atoms with Crippen LogP contribution in [-0.2, 0) is 20.7 Å². The number of amides is 1. The van der Waals surface area contributed by atoms with Crippen LogP contribution in [0.15, 0.2) is 64.5 Å². The Kier molecular flexibility index (Phi) is 5.15. The molecule has 2 aromatic carbocycles. The molecule has 1 N–H and O–H groups in total. The van der Waals surface area contributed by atoms with Gasteiger partial charge in [0.15, 0.2) is 6.61 Å². The monoisotopic (exact) mass is 390 g/mol. The number of benzene rings is 2. The Bertz CT molecular complexity index is 1150. The molecular weight excluding hydrogens is 372 g/mol. The van der Waals surface area contributed by atoms with Crippen LogP contribution in [0.2, 0.25) is 0 Å². The lowest BCUT2D eigenvalue weighted by atomic mass is 10.1. The number of esters is 1. The van der Waals surface area contributed by atoms with Crippen molar-refractivity contribution in [2.75, 3.05) is 13.2 Å². The Morgan fingerprint density at radius 3 is 2.55 bits per heavy atom. The smallest absolute Gasteiger partial charge is 0.312 e. The van der Waals surface area contributed by atoms with Gasteiger partial charge in [0.25, 0.3) is 11.5 Å². The van der Waals surface area contributed by atoms with Crippen LogP contribution in [0.3, 0.4) is 0 Å². The van der Waals surface area contributed by atoms with E-state index in [0.717, 1.165) is 11.3 Å². The van der Waals surface area contributed by atoms with E-state index in [1.807, 2.05) is 30.3 Å². The van der Waals surface area contributed by atoms with Crippen molar-refractivity contribution in [3.8, 4) is 0 Å². The van der Waals surface area contributed by atoms with Crippen LogP contribution < -0.4 is 5.56 Å². The molecule has 0 fully saturated rings. The minimum atomic E-state index is -0.602. The second-order valence-corrected chi connectivity index (χ2v) is 6.56. The lowest BCUT2D eigenvalue weighted by molar-refractivity contribution is -0.151. The molecule has 0 radical (unpaired) electrons. The van der Waals surface area contributed by atoms with Gasteiger partial charge < -0.3 is 4.74 Å². The zero-order chi connectivity index (χ0) is 20.2. The molecule has 8 heteroatoms. The summed E-state index contributed by atoms with van der Waals surface area (Å²) in [4.78, 5) is 36.3. The fourth-order valence-corrected chi connectivity index (χ4v) is 3.18. The standard InChI is InChI=1S/C21H18N4O4/c26-19(25-11-10-17(24-25)14-6-2-1-3-7-14)13-29-20(27)12-18-15-8-4-5-9-16(15)21(28)23-22-18/h1-9H,10-13H2,(H,23,28). The van der Waals surface area contributed by atoms with Crippen molar-refractivity contribution >= 4 is 28.4 Å². The average Bonchev–Trinajstić information content (AvgIpc) is 3.25. The largest absolute Gasteiger partial charge is 0.455 e. The van der Waals surface area contributed by atoms with Crippen molar-refractivity contribution in [2.45, 2.75) is 12.8 Å². The number of carbonyl (C=O) groups is 2. The number of fused-ring (bicyclic) bond motifs is 1. The van der Waals surface area contributed by atoms with Crippen LogP contribution in [0.25, 0.3) is 10.8 Å². The van der Waals surface area contributed by atoms with Gasteiger partial charge in [0.1, 0.15) is 0 Å². The highest BCUT2D eigenvalue weighted by atomic mass is 16.5. The number of nitrogens with zero attached hydrogens (tertiary/aromatic N) is 3. The number of nitrogens with one attached hydrogen (secondary N) is 1. The lowest BCUT2D eigenvalue weighted by Crippen LogP contribution is -2.29. The number of hydrogen-bond donors (Lipinski definition) is 1. The van der Waals surface area contributed by atoms with E-state index in [1.54, 1.807) is 24.3 Å². The van der Waals surface area contributed by atoms with Crippen LogP contribution in [-0.4, -0.2) is 45.9 Å². The molecule has 1 aromatic heterocycles. The van der Waals surface area contributed by atoms with Crippen molar-refractivity contribution in [2.24, 2.45) is 5.10 Å². The fourth-order valence-electron chi connectivity index (χ4n) is 3.18. The third kappa shape index (κ3) is 4.06. The predicted molar refractivity (Wildman–Crippen MR) is 106 cm³/mol. The molecule has 4 rings (SSSR count). The van der Waals surface area contributed by atoms with Crippen LogP contribution >= 0.6 is 0 Å². The van der Waals surface area contributed by atoms with Gasteiger partial charge in [-0.1, -0.05) is 48.5 Å². The SMILES string of the molecule is O=C(Cc1n[nH]c(=O)c2ccccc12)OCC(=O)N1CCC(c2ccccc2)=N1.